The number of primary sulfonamides is 1. The number of aromatic nitrogens is 7. The van der Waals surface area contributed by atoms with E-state index in [2.05, 4.69) is 30.2 Å². The summed E-state index contributed by atoms with van der Waals surface area (Å²) in [6.45, 7) is 2.16. The van der Waals surface area contributed by atoms with Crippen LogP contribution in [-0.4, -0.2) is 50.0 Å². The average Bonchev–Trinajstić information content (AvgIpc) is 3.84. The van der Waals surface area contributed by atoms with Crippen LogP contribution in [0.15, 0.2) is 40.5 Å². The van der Waals surface area contributed by atoms with Crippen molar-refractivity contribution in [2.45, 2.75) is 56.0 Å². The maximum absolute atomic E-state index is 13.7. The summed E-state index contributed by atoms with van der Waals surface area (Å²) < 4.78 is 30.2. The summed E-state index contributed by atoms with van der Waals surface area (Å²) in [5.74, 6) is 1.58. The van der Waals surface area contributed by atoms with Gasteiger partial charge < -0.3 is 10.1 Å². The van der Waals surface area contributed by atoms with E-state index in [1.54, 1.807) is 17.9 Å². The highest BCUT2D eigenvalue weighted by Gasteiger charge is 2.34. The van der Waals surface area contributed by atoms with Crippen LogP contribution in [0, 0.1) is 5.92 Å². The van der Waals surface area contributed by atoms with E-state index in [4.69, 9.17) is 14.9 Å². The molecule has 6 rings (SSSR count). The van der Waals surface area contributed by atoms with Crippen LogP contribution in [0.5, 0.6) is 5.88 Å². The monoisotopic (exact) mass is 549 g/mol. The van der Waals surface area contributed by atoms with Gasteiger partial charge in [-0.3, -0.25) is 14.3 Å². The standard InChI is InChI=1S/C25H27N9O4S/c1-13(14-3-4-14)34-23-18(11-29-21(33-23)19-20(15-5-6-15)30-12-31-24(19)38-2)32-22(25(34)35)28-9-16-7-8-17(10-27-16)39(26,36)37/h7-8,10-15H,3-6,9H2,1-2H3,(H,28,32)(H2,26,36,37). The van der Waals surface area contributed by atoms with Gasteiger partial charge in [0.15, 0.2) is 17.3 Å². The molecule has 0 aliphatic heterocycles. The minimum atomic E-state index is -3.85. The summed E-state index contributed by atoms with van der Waals surface area (Å²) >= 11 is 0. The van der Waals surface area contributed by atoms with Gasteiger partial charge in [-0.05, 0) is 50.7 Å². The van der Waals surface area contributed by atoms with Gasteiger partial charge in [0.05, 0.1) is 31.2 Å². The van der Waals surface area contributed by atoms with Crippen LogP contribution < -0.4 is 20.8 Å². The van der Waals surface area contributed by atoms with Gasteiger partial charge in [0.2, 0.25) is 15.9 Å². The zero-order valence-corrected chi connectivity index (χ0v) is 22.2. The molecule has 3 N–H and O–H groups in total. The number of rotatable bonds is 9. The van der Waals surface area contributed by atoms with Gasteiger partial charge in [0.1, 0.15) is 22.3 Å². The van der Waals surface area contributed by atoms with Crippen LogP contribution in [0.25, 0.3) is 22.6 Å². The Morgan fingerprint density at radius 3 is 2.54 bits per heavy atom. The highest BCUT2D eigenvalue weighted by atomic mass is 32.2. The number of fused-ring (bicyclic) bond motifs is 1. The summed E-state index contributed by atoms with van der Waals surface area (Å²) in [6, 6.07) is 2.80. The van der Waals surface area contributed by atoms with E-state index in [1.807, 2.05) is 6.92 Å². The normalized spacial score (nSPS) is 16.3. The zero-order valence-electron chi connectivity index (χ0n) is 21.4. The second-order valence-corrected chi connectivity index (χ2v) is 11.5. The van der Waals surface area contributed by atoms with E-state index >= 15 is 0 Å². The molecule has 2 fully saturated rings. The molecule has 4 heterocycles. The maximum Gasteiger partial charge on any atom is 0.295 e. The van der Waals surface area contributed by atoms with Gasteiger partial charge in [-0.2, -0.15) is 0 Å². The number of nitrogens with zero attached hydrogens (tertiary/aromatic N) is 7. The van der Waals surface area contributed by atoms with Gasteiger partial charge in [-0.15, -0.1) is 0 Å². The van der Waals surface area contributed by atoms with Crippen LogP contribution in [-0.2, 0) is 16.6 Å². The highest BCUT2D eigenvalue weighted by Crippen LogP contribution is 2.45. The zero-order chi connectivity index (χ0) is 27.3. The largest absolute Gasteiger partial charge is 0.480 e. The Morgan fingerprint density at radius 1 is 1.10 bits per heavy atom. The number of hydrogen-bond acceptors (Lipinski definition) is 11. The molecule has 14 heteroatoms. The van der Waals surface area contributed by atoms with Gasteiger partial charge in [-0.25, -0.2) is 38.5 Å². The van der Waals surface area contributed by atoms with Crippen molar-refractivity contribution in [1.82, 2.24) is 34.5 Å². The molecule has 13 nitrogen and oxygen atoms in total. The average molecular weight is 550 g/mol. The second kappa shape index (κ2) is 9.61. The lowest BCUT2D eigenvalue weighted by molar-refractivity contribution is 0.397. The molecule has 0 bridgehead atoms. The predicted octanol–water partition coefficient (Wildman–Crippen LogP) is 2.15. The van der Waals surface area contributed by atoms with Crippen molar-refractivity contribution in [2.24, 2.45) is 11.1 Å². The number of pyridine rings is 1. The lowest BCUT2D eigenvalue weighted by Crippen LogP contribution is -2.29. The first-order valence-corrected chi connectivity index (χ1v) is 14.2. The molecule has 0 radical (unpaired) electrons. The SMILES string of the molecule is COc1ncnc(C2CC2)c1-c1ncc2nc(NCc3ccc(S(N)(=O)=O)cn3)c(=O)n(C(C)C3CC3)c2n1. The molecule has 0 spiro atoms. The molecule has 0 amide bonds. The van der Waals surface area contributed by atoms with Gasteiger partial charge in [0, 0.05) is 18.2 Å². The van der Waals surface area contributed by atoms with Crippen molar-refractivity contribution in [3.63, 3.8) is 0 Å². The van der Waals surface area contributed by atoms with E-state index in [0.717, 1.165) is 31.4 Å². The molecule has 0 aromatic carbocycles. The Bertz CT molecular complexity index is 1730. The number of sulfonamides is 1. The van der Waals surface area contributed by atoms with Gasteiger partial charge >= 0.3 is 0 Å². The van der Waals surface area contributed by atoms with E-state index in [9.17, 15) is 13.2 Å². The topological polar surface area (TPSA) is 181 Å². The number of methoxy groups -OCH3 is 1. The van der Waals surface area contributed by atoms with Crippen molar-refractivity contribution in [3.8, 4) is 17.3 Å². The first kappa shape index (κ1) is 25.2. The molecule has 2 aliphatic carbocycles. The minimum Gasteiger partial charge on any atom is -0.480 e. The molecule has 2 aliphatic rings. The van der Waals surface area contributed by atoms with Crippen molar-refractivity contribution in [3.05, 3.63) is 52.6 Å². The molecule has 4 aromatic rings. The number of hydrogen-bond donors (Lipinski definition) is 2. The third kappa shape index (κ3) is 4.92. The van der Waals surface area contributed by atoms with Crippen LogP contribution in [0.4, 0.5) is 5.82 Å². The van der Waals surface area contributed by atoms with E-state index < -0.39 is 10.0 Å². The molecule has 39 heavy (non-hydrogen) atoms. The number of nitrogens with two attached hydrogens (primary N) is 1. The van der Waals surface area contributed by atoms with Crippen LogP contribution in [0.3, 0.4) is 0 Å². The van der Waals surface area contributed by atoms with E-state index in [-0.39, 0.29) is 28.9 Å². The summed E-state index contributed by atoms with van der Waals surface area (Å²) in [5.41, 5.74) is 2.57. The molecular weight excluding hydrogens is 522 g/mol. The Balaban J connectivity index is 1.41. The van der Waals surface area contributed by atoms with Crippen LogP contribution >= 0.6 is 0 Å². The molecule has 0 saturated heterocycles. The Hall–Kier alpha value is -4.04. The molecule has 1 unspecified atom stereocenters. The van der Waals surface area contributed by atoms with Crippen LogP contribution in [0.2, 0.25) is 0 Å². The van der Waals surface area contributed by atoms with E-state index in [0.29, 0.717) is 46.0 Å². The third-order valence-electron chi connectivity index (χ3n) is 7.13. The fourth-order valence-corrected chi connectivity index (χ4v) is 5.13. The van der Waals surface area contributed by atoms with Crippen molar-refractivity contribution in [2.75, 3.05) is 12.4 Å². The molecule has 4 aromatic heterocycles. The smallest absolute Gasteiger partial charge is 0.295 e. The lowest BCUT2D eigenvalue weighted by Gasteiger charge is -2.19. The van der Waals surface area contributed by atoms with E-state index in [1.165, 1.54) is 24.7 Å². The fourth-order valence-electron chi connectivity index (χ4n) is 4.68. The summed E-state index contributed by atoms with van der Waals surface area (Å²) in [4.78, 5) is 40.5. The van der Waals surface area contributed by atoms with Gasteiger partial charge in [-0.1, -0.05) is 0 Å². The Labute approximate surface area is 224 Å². The lowest BCUT2D eigenvalue weighted by atomic mass is 10.1. The van der Waals surface area contributed by atoms with Gasteiger partial charge in [0.25, 0.3) is 5.56 Å². The number of ether oxygens (including phenoxy) is 1. The Morgan fingerprint density at radius 2 is 1.90 bits per heavy atom. The van der Waals surface area contributed by atoms with Crippen molar-refractivity contribution in [1.29, 1.82) is 0 Å². The fraction of sp³-hybridized carbons (Fsp3) is 0.400. The molecule has 2 saturated carbocycles. The summed E-state index contributed by atoms with van der Waals surface area (Å²) in [7, 11) is -2.30. The van der Waals surface area contributed by atoms with Crippen molar-refractivity contribution >= 4 is 27.0 Å². The first-order chi connectivity index (χ1) is 18.7. The first-order valence-electron chi connectivity index (χ1n) is 12.6. The summed E-state index contributed by atoms with van der Waals surface area (Å²) in [5, 5.41) is 8.19. The Kier molecular flexibility index (Phi) is 6.22. The molecule has 1 atom stereocenters. The maximum atomic E-state index is 13.7. The minimum absolute atomic E-state index is 0.0889. The van der Waals surface area contributed by atoms with Crippen molar-refractivity contribution < 1.29 is 13.2 Å². The number of anilines is 1. The summed E-state index contributed by atoms with van der Waals surface area (Å²) in [6.07, 6.45) is 8.39. The molecule has 202 valence electrons. The quantitative estimate of drug-likeness (QED) is 0.312. The predicted molar refractivity (Wildman–Crippen MR) is 142 cm³/mol. The third-order valence-corrected chi connectivity index (χ3v) is 8.03. The highest BCUT2D eigenvalue weighted by molar-refractivity contribution is 7.89. The number of nitrogens with one attached hydrogen (secondary N) is 1. The van der Waals surface area contributed by atoms with Crippen LogP contribution in [0.1, 0.15) is 56.0 Å². The second-order valence-electron chi connectivity index (χ2n) is 9.92. The molecular formula is C25H27N9O4S.